The number of ether oxygens (including phenoxy) is 1. The van der Waals surface area contributed by atoms with Crippen LogP contribution in [0, 0.1) is 0 Å². The summed E-state index contributed by atoms with van der Waals surface area (Å²) in [5.41, 5.74) is 0.806. The van der Waals surface area contributed by atoms with Gasteiger partial charge < -0.3 is 19.9 Å². The molecule has 2 N–H and O–H groups in total. The quantitative estimate of drug-likeness (QED) is 0.817. The number of nitrogens with zero attached hydrogens (tertiary/aromatic N) is 2. The number of hydrogen-bond donors (Lipinski definition) is 2. The van der Waals surface area contributed by atoms with Gasteiger partial charge >= 0.3 is 0 Å². The number of anilines is 2. The highest BCUT2D eigenvalue weighted by molar-refractivity contribution is 5.91. The molecule has 6 nitrogen and oxygen atoms in total. The van der Waals surface area contributed by atoms with E-state index in [9.17, 15) is 4.79 Å². The van der Waals surface area contributed by atoms with Crippen LogP contribution in [0.4, 0.5) is 11.5 Å². The number of piperazine rings is 1. The van der Waals surface area contributed by atoms with Crippen molar-refractivity contribution < 1.29 is 14.4 Å². The van der Waals surface area contributed by atoms with Gasteiger partial charge in [-0.25, -0.2) is 4.98 Å². The van der Waals surface area contributed by atoms with Crippen LogP contribution in [0.25, 0.3) is 0 Å². The van der Waals surface area contributed by atoms with Crippen LogP contribution < -0.4 is 19.9 Å². The number of pyridine rings is 1. The monoisotopic (exact) mass is 341 g/mol. The number of amides is 1. The highest BCUT2D eigenvalue weighted by atomic mass is 16.5. The Morgan fingerprint density at radius 2 is 1.96 bits per heavy atom. The van der Waals surface area contributed by atoms with Gasteiger partial charge in [0.1, 0.15) is 11.6 Å². The summed E-state index contributed by atoms with van der Waals surface area (Å²) in [6.07, 6.45) is 1.82. The van der Waals surface area contributed by atoms with E-state index >= 15 is 0 Å². The minimum atomic E-state index is 0.0467. The van der Waals surface area contributed by atoms with Gasteiger partial charge in [-0.1, -0.05) is 6.07 Å². The molecule has 1 aliphatic rings. The third-order valence-corrected chi connectivity index (χ3v) is 4.30. The Bertz CT molecular complexity index is 668. The minimum absolute atomic E-state index is 0.0467. The number of aromatic nitrogens is 1. The molecule has 0 unspecified atom stereocenters. The summed E-state index contributed by atoms with van der Waals surface area (Å²) < 4.78 is 5.41. The summed E-state index contributed by atoms with van der Waals surface area (Å²) >= 11 is 0. The molecule has 0 radical (unpaired) electrons. The molecule has 6 heteroatoms. The molecule has 0 atom stereocenters. The molecule has 1 aliphatic heterocycles. The second-order valence-electron chi connectivity index (χ2n) is 6.11. The van der Waals surface area contributed by atoms with Gasteiger partial charge in [-0.05, 0) is 43.3 Å². The maximum atomic E-state index is 12.3. The summed E-state index contributed by atoms with van der Waals surface area (Å²) in [7, 11) is 0. The van der Waals surface area contributed by atoms with Crippen molar-refractivity contribution in [2.75, 3.05) is 49.5 Å². The van der Waals surface area contributed by atoms with Crippen LogP contribution in [0.5, 0.6) is 5.75 Å². The van der Waals surface area contributed by atoms with E-state index in [4.69, 9.17) is 4.74 Å². The topological polar surface area (TPSA) is 58.9 Å². The van der Waals surface area contributed by atoms with E-state index in [1.807, 2.05) is 55.6 Å². The van der Waals surface area contributed by atoms with Gasteiger partial charge in [-0.3, -0.25) is 4.79 Å². The molecule has 1 saturated heterocycles. The first-order valence-corrected chi connectivity index (χ1v) is 8.77. The zero-order valence-electron chi connectivity index (χ0n) is 14.6. The smallest absolute Gasteiger partial charge is 0.279 e. The standard InChI is InChI=1S/C19H24N4O2/c1-2-25-17-8-6-16(7-9-17)21-19(24)15-22-11-13-23(14-12-22)18-5-3-4-10-20-18/h3-10H,2,11-15H2,1H3,(H,21,24)/p+1. The number of hydrogen-bond acceptors (Lipinski definition) is 4. The molecule has 3 rings (SSSR count). The predicted octanol–water partition coefficient (Wildman–Crippen LogP) is 0.824. The molecule has 2 heterocycles. The van der Waals surface area contributed by atoms with E-state index in [1.165, 1.54) is 4.90 Å². The Hall–Kier alpha value is -2.60. The summed E-state index contributed by atoms with van der Waals surface area (Å²) in [6.45, 7) is 6.79. The molecule has 1 fully saturated rings. The first-order chi connectivity index (χ1) is 12.2. The Morgan fingerprint density at radius 1 is 1.20 bits per heavy atom. The fourth-order valence-electron chi connectivity index (χ4n) is 3.00. The largest absolute Gasteiger partial charge is 0.494 e. The van der Waals surface area contributed by atoms with E-state index in [1.54, 1.807) is 0 Å². The number of benzene rings is 1. The maximum absolute atomic E-state index is 12.3. The van der Waals surface area contributed by atoms with E-state index < -0.39 is 0 Å². The average Bonchev–Trinajstić information content (AvgIpc) is 2.65. The van der Waals surface area contributed by atoms with E-state index in [2.05, 4.69) is 15.2 Å². The molecule has 132 valence electrons. The molecule has 1 amide bonds. The summed E-state index contributed by atoms with van der Waals surface area (Å²) in [6, 6.07) is 13.5. The Labute approximate surface area is 148 Å². The van der Waals surface area contributed by atoms with Crippen LogP contribution in [-0.4, -0.2) is 50.2 Å². The third kappa shape index (κ3) is 4.93. The van der Waals surface area contributed by atoms with Crippen molar-refractivity contribution in [2.45, 2.75) is 6.92 Å². The van der Waals surface area contributed by atoms with Crippen molar-refractivity contribution in [3.05, 3.63) is 48.7 Å². The molecule has 0 saturated carbocycles. The molecule has 0 spiro atoms. The molecule has 25 heavy (non-hydrogen) atoms. The lowest BCUT2D eigenvalue weighted by Gasteiger charge is -2.32. The number of rotatable bonds is 6. The van der Waals surface area contributed by atoms with Crippen LogP contribution in [-0.2, 0) is 4.79 Å². The number of carbonyl (C=O) groups is 1. The lowest BCUT2D eigenvalue weighted by Crippen LogP contribution is -3.15. The molecular formula is C19H25N4O2+. The number of quaternary nitrogens is 1. The molecule has 0 aliphatic carbocycles. The summed E-state index contributed by atoms with van der Waals surface area (Å²) in [5, 5.41) is 2.96. The van der Waals surface area contributed by atoms with E-state index in [0.717, 1.165) is 43.4 Å². The zero-order valence-corrected chi connectivity index (χ0v) is 14.6. The summed E-state index contributed by atoms with van der Waals surface area (Å²) in [4.78, 5) is 20.2. The molecule has 1 aromatic heterocycles. The van der Waals surface area contributed by atoms with Crippen LogP contribution in [0.2, 0.25) is 0 Å². The first-order valence-electron chi connectivity index (χ1n) is 8.77. The Balaban J connectivity index is 1.44. The third-order valence-electron chi connectivity index (χ3n) is 4.30. The summed E-state index contributed by atoms with van der Waals surface area (Å²) in [5.74, 6) is 1.88. The van der Waals surface area contributed by atoms with E-state index in [-0.39, 0.29) is 5.91 Å². The van der Waals surface area contributed by atoms with Crippen LogP contribution in [0.1, 0.15) is 6.92 Å². The molecule has 2 aromatic rings. The fourth-order valence-corrected chi connectivity index (χ4v) is 3.00. The van der Waals surface area contributed by atoms with Gasteiger partial charge in [0.2, 0.25) is 0 Å². The van der Waals surface area contributed by atoms with Crippen LogP contribution in [0.3, 0.4) is 0 Å². The fraction of sp³-hybridized carbons (Fsp3) is 0.368. The SMILES string of the molecule is CCOc1ccc(NC(=O)C[NH+]2CCN(c3ccccn3)CC2)cc1. The first kappa shape index (κ1) is 17.2. The van der Waals surface area contributed by atoms with E-state index in [0.29, 0.717) is 13.2 Å². The highest BCUT2D eigenvalue weighted by Gasteiger charge is 2.22. The number of nitrogens with one attached hydrogen (secondary N) is 2. The Morgan fingerprint density at radius 3 is 2.60 bits per heavy atom. The van der Waals surface area contributed by atoms with Gasteiger partial charge in [0.05, 0.1) is 32.8 Å². The average molecular weight is 341 g/mol. The van der Waals surface area contributed by atoms with Crippen molar-refractivity contribution >= 4 is 17.4 Å². The minimum Gasteiger partial charge on any atom is -0.494 e. The molecule has 1 aromatic carbocycles. The highest BCUT2D eigenvalue weighted by Crippen LogP contribution is 2.15. The van der Waals surface area contributed by atoms with Crippen molar-refractivity contribution in [1.82, 2.24) is 4.98 Å². The molecular weight excluding hydrogens is 316 g/mol. The van der Waals surface area contributed by atoms with Crippen LogP contribution >= 0.6 is 0 Å². The normalized spacial score (nSPS) is 15.0. The van der Waals surface area contributed by atoms with Gasteiger partial charge in [0.15, 0.2) is 6.54 Å². The maximum Gasteiger partial charge on any atom is 0.279 e. The second-order valence-corrected chi connectivity index (χ2v) is 6.11. The zero-order chi connectivity index (χ0) is 17.5. The van der Waals surface area contributed by atoms with Crippen molar-refractivity contribution in [2.24, 2.45) is 0 Å². The van der Waals surface area contributed by atoms with Crippen LogP contribution in [0.15, 0.2) is 48.7 Å². The van der Waals surface area contributed by atoms with Gasteiger partial charge in [0.25, 0.3) is 5.91 Å². The lowest BCUT2D eigenvalue weighted by molar-refractivity contribution is -0.892. The molecule has 0 bridgehead atoms. The second kappa shape index (κ2) is 8.48. The van der Waals surface area contributed by atoms with Crippen molar-refractivity contribution in [3.8, 4) is 5.75 Å². The lowest BCUT2D eigenvalue weighted by atomic mass is 10.2. The van der Waals surface area contributed by atoms with Gasteiger partial charge in [0, 0.05) is 11.9 Å². The van der Waals surface area contributed by atoms with Gasteiger partial charge in [-0.15, -0.1) is 0 Å². The Kier molecular flexibility index (Phi) is 5.85. The predicted molar refractivity (Wildman–Crippen MR) is 98.3 cm³/mol. The van der Waals surface area contributed by atoms with Crippen molar-refractivity contribution in [1.29, 1.82) is 0 Å². The number of carbonyl (C=O) groups excluding carboxylic acids is 1. The van der Waals surface area contributed by atoms with Crippen molar-refractivity contribution in [3.63, 3.8) is 0 Å². The van der Waals surface area contributed by atoms with Gasteiger partial charge in [-0.2, -0.15) is 0 Å².